The van der Waals surface area contributed by atoms with Gasteiger partial charge in [-0.05, 0) is 37.9 Å². The molecule has 2 aromatic rings. The van der Waals surface area contributed by atoms with Gasteiger partial charge in [0.2, 0.25) is 0 Å². The summed E-state index contributed by atoms with van der Waals surface area (Å²) in [5, 5.41) is 7.08. The van der Waals surface area contributed by atoms with E-state index in [1.54, 1.807) is 12.5 Å². The third-order valence-corrected chi connectivity index (χ3v) is 5.27. The van der Waals surface area contributed by atoms with Crippen LogP contribution in [0.15, 0.2) is 48.3 Å². The summed E-state index contributed by atoms with van der Waals surface area (Å²) in [5.74, 6) is -0.121. The van der Waals surface area contributed by atoms with Gasteiger partial charge < -0.3 is 14.7 Å². The Morgan fingerprint density at radius 3 is 3.11 bits per heavy atom. The van der Waals surface area contributed by atoms with Gasteiger partial charge in [-0.2, -0.15) is 0 Å². The maximum atomic E-state index is 12.4. The number of oxime groups is 1. The summed E-state index contributed by atoms with van der Waals surface area (Å²) in [6.07, 6.45) is 10.6. The first-order valence-corrected chi connectivity index (χ1v) is 9.84. The van der Waals surface area contributed by atoms with E-state index < -0.39 is 0 Å². The van der Waals surface area contributed by atoms with Crippen LogP contribution in [0, 0.1) is 0 Å². The van der Waals surface area contributed by atoms with Gasteiger partial charge in [-0.25, -0.2) is 4.98 Å². The Morgan fingerprint density at radius 1 is 1.32 bits per heavy atom. The van der Waals surface area contributed by atoms with Crippen molar-refractivity contribution in [1.29, 1.82) is 0 Å². The number of amides is 1. The van der Waals surface area contributed by atoms with Gasteiger partial charge in [0.1, 0.15) is 5.71 Å². The lowest BCUT2D eigenvalue weighted by Gasteiger charge is -2.38. The monoisotopic (exact) mass is 382 g/mol. The number of hydrogen-bond acceptors (Lipinski definition) is 6. The average Bonchev–Trinajstić information content (AvgIpc) is 3.37. The molecule has 1 saturated heterocycles. The smallest absolute Gasteiger partial charge is 0.269 e. The number of aryl methyl sites for hydroxylation is 1. The predicted molar refractivity (Wildman–Crippen MR) is 104 cm³/mol. The molecule has 8 heteroatoms. The van der Waals surface area contributed by atoms with Crippen LogP contribution >= 0.6 is 0 Å². The first-order valence-electron chi connectivity index (χ1n) is 9.84. The van der Waals surface area contributed by atoms with Crippen molar-refractivity contribution in [3.63, 3.8) is 0 Å². The van der Waals surface area contributed by atoms with E-state index in [1.165, 1.54) is 0 Å². The zero-order valence-corrected chi connectivity index (χ0v) is 16.0. The number of carbonyl (C=O) groups is 1. The Bertz CT molecular complexity index is 807. The maximum absolute atomic E-state index is 12.4. The van der Waals surface area contributed by atoms with Crippen LogP contribution in [-0.4, -0.2) is 56.3 Å². The summed E-state index contributed by atoms with van der Waals surface area (Å²) in [4.78, 5) is 29.0. The number of rotatable bonds is 7. The quantitative estimate of drug-likeness (QED) is 0.735. The Balaban J connectivity index is 1.24. The lowest BCUT2D eigenvalue weighted by Crippen LogP contribution is -2.48. The molecule has 2 aliphatic rings. The van der Waals surface area contributed by atoms with E-state index in [-0.39, 0.29) is 11.5 Å². The Labute approximate surface area is 164 Å². The van der Waals surface area contributed by atoms with Gasteiger partial charge in [-0.1, -0.05) is 11.2 Å². The van der Waals surface area contributed by atoms with Crippen LogP contribution in [0.3, 0.4) is 0 Å². The van der Waals surface area contributed by atoms with Crippen molar-refractivity contribution in [3.8, 4) is 0 Å². The van der Waals surface area contributed by atoms with Crippen molar-refractivity contribution in [1.82, 2.24) is 24.8 Å². The highest BCUT2D eigenvalue weighted by Crippen LogP contribution is 2.33. The van der Waals surface area contributed by atoms with Gasteiger partial charge in [0, 0.05) is 51.2 Å². The molecule has 28 heavy (non-hydrogen) atoms. The standard InChI is InChI=1S/C20H26N6O2/c27-19(23-8-4-11-25-12-9-21-16-25)18-13-20(28-24-18)6-3-10-26(15-20)14-17-5-1-2-7-22-17/h1-2,5,7,9,12,16H,3-4,6,8,10-11,13-15H2,(H,23,27). The van der Waals surface area contributed by atoms with E-state index in [1.807, 2.05) is 35.2 Å². The fourth-order valence-corrected chi connectivity index (χ4v) is 3.89. The summed E-state index contributed by atoms with van der Waals surface area (Å²) in [5.41, 5.74) is 1.17. The highest BCUT2D eigenvalue weighted by atomic mass is 16.7. The summed E-state index contributed by atoms with van der Waals surface area (Å²) >= 11 is 0. The largest absolute Gasteiger partial charge is 0.387 e. The van der Waals surface area contributed by atoms with Crippen LogP contribution in [-0.2, 0) is 22.7 Å². The minimum Gasteiger partial charge on any atom is -0.387 e. The SMILES string of the molecule is O=C(NCCCn1ccnc1)C1=NOC2(CCCN(Cc3ccccn3)C2)C1. The fraction of sp³-hybridized carbons (Fsp3) is 0.500. The molecule has 1 N–H and O–H groups in total. The van der Waals surface area contributed by atoms with Crippen molar-refractivity contribution in [2.45, 2.75) is 44.4 Å². The van der Waals surface area contributed by atoms with Crippen LogP contribution in [0.2, 0.25) is 0 Å². The van der Waals surface area contributed by atoms with Crippen molar-refractivity contribution >= 4 is 11.6 Å². The van der Waals surface area contributed by atoms with Gasteiger partial charge in [0.15, 0.2) is 5.60 Å². The molecule has 1 amide bonds. The van der Waals surface area contributed by atoms with E-state index in [0.717, 1.165) is 51.1 Å². The molecule has 2 aliphatic heterocycles. The fourth-order valence-electron chi connectivity index (χ4n) is 3.89. The van der Waals surface area contributed by atoms with Crippen LogP contribution in [0.5, 0.6) is 0 Å². The second kappa shape index (κ2) is 8.52. The van der Waals surface area contributed by atoms with E-state index in [2.05, 4.69) is 25.3 Å². The van der Waals surface area contributed by atoms with E-state index in [0.29, 0.717) is 18.7 Å². The molecular weight excluding hydrogens is 356 g/mol. The Morgan fingerprint density at radius 2 is 2.29 bits per heavy atom. The van der Waals surface area contributed by atoms with Gasteiger partial charge in [0.25, 0.3) is 5.91 Å². The number of hydrogen-bond donors (Lipinski definition) is 1. The van der Waals surface area contributed by atoms with Crippen LogP contribution in [0.25, 0.3) is 0 Å². The van der Waals surface area contributed by atoms with Crippen LogP contribution < -0.4 is 5.32 Å². The average molecular weight is 382 g/mol. The van der Waals surface area contributed by atoms with Gasteiger partial charge >= 0.3 is 0 Å². The number of imidazole rings is 1. The molecule has 0 saturated carbocycles. The minimum atomic E-state index is -0.378. The second-order valence-electron chi connectivity index (χ2n) is 7.53. The van der Waals surface area contributed by atoms with E-state index in [4.69, 9.17) is 4.84 Å². The number of nitrogens with one attached hydrogen (secondary N) is 1. The molecule has 8 nitrogen and oxygen atoms in total. The summed E-state index contributed by atoms with van der Waals surface area (Å²) in [6.45, 7) is 4.01. The highest BCUT2D eigenvalue weighted by Gasteiger charge is 2.44. The van der Waals surface area contributed by atoms with Crippen molar-refractivity contribution in [2.24, 2.45) is 5.16 Å². The van der Waals surface area contributed by atoms with E-state index >= 15 is 0 Å². The summed E-state index contributed by atoms with van der Waals surface area (Å²) < 4.78 is 2.00. The van der Waals surface area contributed by atoms with Gasteiger partial charge in [0.05, 0.1) is 12.0 Å². The first-order chi connectivity index (χ1) is 13.7. The molecule has 0 radical (unpaired) electrons. The van der Waals surface area contributed by atoms with Gasteiger partial charge in [-0.3, -0.25) is 14.7 Å². The molecule has 0 aromatic carbocycles. The Hall–Kier alpha value is -2.74. The number of aromatic nitrogens is 3. The molecule has 1 atom stereocenters. The predicted octanol–water partition coefficient (Wildman–Crippen LogP) is 1.60. The lowest BCUT2D eigenvalue weighted by atomic mass is 9.88. The molecule has 148 valence electrons. The third kappa shape index (κ3) is 4.56. The van der Waals surface area contributed by atoms with Gasteiger partial charge in [-0.15, -0.1) is 0 Å². The molecule has 4 heterocycles. The number of nitrogens with zero attached hydrogens (tertiary/aromatic N) is 5. The molecule has 0 aliphatic carbocycles. The zero-order valence-electron chi connectivity index (χ0n) is 16.0. The van der Waals surface area contributed by atoms with E-state index in [9.17, 15) is 4.79 Å². The Kier molecular flexibility index (Phi) is 5.66. The number of piperidine rings is 1. The molecule has 1 spiro atoms. The van der Waals surface area contributed by atoms with Crippen molar-refractivity contribution in [3.05, 3.63) is 48.8 Å². The van der Waals surface area contributed by atoms with Crippen molar-refractivity contribution < 1.29 is 9.63 Å². The van der Waals surface area contributed by atoms with Crippen LogP contribution in [0.4, 0.5) is 0 Å². The summed E-state index contributed by atoms with van der Waals surface area (Å²) in [7, 11) is 0. The molecule has 4 rings (SSSR count). The third-order valence-electron chi connectivity index (χ3n) is 5.27. The number of pyridine rings is 1. The minimum absolute atomic E-state index is 0.121. The number of carbonyl (C=O) groups excluding carboxylic acids is 1. The summed E-state index contributed by atoms with van der Waals surface area (Å²) in [6, 6.07) is 5.97. The molecule has 0 bridgehead atoms. The highest BCUT2D eigenvalue weighted by molar-refractivity contribution is 6.39. The first kappa shape index (κ1) is 18.6. The molecule has 2 aromatic heterocycles. The molecular formula is C20H26N6O2. The normalized spacial score (nSPS) is 22.1. The second-order valence-corrected chi connectivity index (χ2v) is 7.53. The number of likely N-dealkylation sites (tertiary alicyclic amines) is 1. The molecule has 1 unspecified atom stereocenters. The molecule has 1 fully saturated rings. The van der Waals surface area contributed by atoms with Crippen LogP contribution in [0.1, 0.15) is 31.4 Å². The lowest BCUT2D eigenvalue weighted by molar-refractivity contribution is -0.114. The maximum Gasteiger partial charge on any atom is 0.269 e. The zero-order chi connectivity index (χ0) is 19.2. The van der Waals surface area contributed by atoms with Crippen molar-refractivity contribution in [2.75, 3.05) is 19.6 Å². The topological polar surface area (TPSA) is 84.6 Å².